The number of nitrogens with one attached hydrogen (secondary N) is 1. The smallest absolute Gasteiger partial charge is 0.231 e. The number of benzene rings is 1. The minimum atomic E-state index is -0.334. The zero-order valence-corrected chi connectivity index (χ0v) is 11.6. The number of carbonyl (C=O) groups is 1. The Morgan fingerprint density at radius 1 is 1.32 bits per heavy atom. The Labute approximate surface area is 118 Å². The highest BCUT2D eigenvalue weighted by molar-refractivity contribution is 7.80. The fourth-order valence-corrected chi connectivity index (χ4v) is 2.91. The average molecular weight is 274 g/mol. The van der Waals surface area contributed by atoms with Gasteiger partial charge in [-0.25, -0.2) is 0 Å². The largest absolute Gasteiger partial charge is 0.392 e. The second-order valence-corrected chi connectivity index (χ2v) is 6.11. The van der Waals surface area contributed by atoms with Gasteiger partial charge < -0.3 is 11.1 Å². The highest BCUT2D eigenvalue weighted by Crippen LogP contribution is 2.48. The number of rotatable bonds is 5. The summed E-state index contributed by atoms with van der Waals surface area (Å²) in [5, 5.41) is 3.07. The highest BCUT2D eigenvalue weighted by Gasteiger charge is 2.52. The molecule has 100 valence electrons. The Morgan fingerprint density at radius 3 is 2.42 bits per heavy atom. The predicted molar refractivity (Wildman–Crippen MR) is 78.8 cm³/mol. The maximum Gasteiger partial charge on any atom is 0.231 e. The third-order valence-corrected chi connectivity index (χ3v) is 4.45. The first-order chi connectivity index (χ1) is 9.13. The van der Waals surface area contributed by atoms with Gasteiger partial charge in [0.1, 0.15) is 0 Å². The molecule has 0 spiro atoms. The van der Waals surface area contributed by atoms with Gasteiger partial charge in [-0.15, -0.1) is 0 Å². The zero-order valence-electron chi connectivity index (χ0n) is 10.8. The topological polar surface area (TPSA) is 55.1 Å². The molecule has 1 aromatic carbocycles. The molecule has 1 amide bonds. The van der Waals surface area contributed by atoms with Crippen molar-refractivity contribution in [2.45, 2.75) is 37.1 Å². The number of thiocarbonyl (C=S) groups is 1. The molecule has 2 fully saturated rings. The van der Waals surface area contributed by atoms with Crippen LogP contribution in [0.15, 0.2) is 30.3 Å². The molecule has 0 aromatic heterocycles. The van der Waals surface area contributed by atoms with Crippen molar-refractivity contribution < 1.29 is 4.79 Å². The summed E-state index contributed by atoms with van der Waals surface area (Å²) < 4.78 is 0. The molecule has 3 N–H and O–H groups in total. The summed E-state index contributed by atoms with van der Waals surface area (Å²) in [7, 11) is 0. The van der Waals surface area contributed by atoms with Crippen molar-refractivity contribution in [3.63, 3.8) is 0 Å². The highest BCUT2D eigenvalue weighted by atomic mass is 32.1. The molecular formula is C15H18N2OS. The molecule has 0 heterocycles. The van der Waals surface area contributed by atoms with Crippen molar-refractivity contribution in [1.82, 2.24) is 5.32 Å². The fraction of sp³-hybridized carbons (Fsp3) is 0.467. The zero-order chi connectivity index (χ0) is 13.5. The third-order valence-electron chi connectivity index (χ3n) is 4.20. The van der Waals surface area contributed by atoms with Gasteiger partial charge in [-0.1, -0.05) is 42.5 Å². The van der Waals surface area contributed by atoms with Gasteiger partial charge in [0, 0.05) is 0 Å². The van der Waals surface area contributed by atoms with Gasteiger partial charge in [0.25, 0.3) is 0 Å². The van der Waals surface area contributed by atoms with Crippen molar-refractivity contribution in [3.05, 3.63) is 35.9 Å². The Morgan fingerprint density at radius 2 is 1.95 bits per heavy atom. The van der Waals surface area contributed by atoms with Crippen molar-refractivity contribution >= 4 is 23.1 Å². The molecule has 2 aliphatic rings. The summed E-state index contributed by atoms with van der Waals surface area (Å²) in [6, 6.07) is 9.87. The van der Waals surface area contributed by atoms with Gasteiger partial charge in [-0.05, 0) is 37.2 Å². The van der Waals surface area contributed by atoms with Gasteiger partial charge in [0.15, 0.2) is 0 Å². The lowest BCUT2D eigenvalue weighted by Gasteiger charge is -2.21. The van der Waals surface area contributed by atoms with E-state index < -0.39 is 0 Å². The summed E-state index contributed by atoms with van der Waals surface area (Å²) in [6.07, 6.45) is 4.05. The van der Waals surface area contributed by atoms with E-state index in [9.17, 15) is 4.79 Å². The normalized spacial score (nSPS) is 21.5. The van der Waals surface area contributed by atoms with Crippen LogP contribution < -0.4 is 11.1 Å². The van der Waals surface area contributed by atoms with Crippen LogP contribution >= 0.6 is 12.2 Å². The molecule has 0 aliphatic heterocycles. The van der Waals surface area contributed by atoms with Crippen LogP contribution in [-0.4, -0.2) is 16.9 Å². The lowest BCUT2D eigenvalue weighted by atomic mass is 9.94. The van der Waals surface area contributed by atoms with E-state index in [4.69, 9.17) is 18.0 Å². The van der Waals surface area contributed by atoms with E-state index >= 15 is 0 Å². The maximum atomic E-state index is 12.5. The minimum Gasteiger partial charge on any atom is -0.392 e. The van der Waals surface area contributed by atoms with Gasteiger partial charge in [-0.2, -0.15) is 0 Å². The van der Waals surface area contributed by atoms with E-state index in [1.807, 2.05) is 30.3 Å². The van der Waals surface area contributed by atoms with Crippen LogP contribution in [0.4, 0.5) is 0 Å². The minimum absolute atomic E-state index is 0.0865. The quantitative estimate of drug-likeness (QED) is 0.806. The molecular weight excluding hydrogens is 256 g/mol. The van der Waals surface area contributed by atoms with Crippen molar-refractivity contribution in [1.29, 1.82) is 0 Å². The van der Waals surface area contributed by atoms with Crippen LogP contribution in [0.3, 0.4) is 0 Å². The summed E-state index contributed by atoms with van der Waals surface area (Å²) >= 11 is 5.07. The molecule has 1 atom stereocenters. The summed E-state index contributed by atoms with van der Waals surface area (Å²) in [4.78, 5) is 13.0. The Hall–Kier alpha value is -1.42. The Bertz CT molecular complexity index is 506. The molecule has 1 unspecified atom stereocenters. The van der Waals surface area contributed by atoms with Crippen LogP contribution in [0.5, 0.6) is 0 Å². The molecule has 1 aromatic rings. The fourth-order valence-electron chi connectivity index (χ4n) is 2.66. The van der Waals surface area contributed by atoms with E-state index in [0.717, 1.165) is 31.2 Å². The SMILES string of the molecule is NC(=S)C(NC(=O)C1(c2ccccc2)CC1)C1CC1. The number of carbonyl (C=O) groups excluding carboxylic acids is 1. The first-order valence-corrected chi connectivity index (χ1v) is 7.20. The van der Waals surface area contributed by atoms with Gasteiger partial charge >= 0.3 is 0 Å². The molecule has 3 rings (SSSR count). The molecule has 4 heteroatoms. The second-order valence-electron chi connectivity index (χ2n) is 5.64. The molecule has 19 heavy (non-hydrogen) atoms. The molecule has 3 nitrogen and oxygen atoms in total. The standard InChI is InChI=1S/C15H18N2OS/c16-13(19)12(10-6-7-10)17-14(18)15(8-9-15)11-4-2-1-3-5-11/h1-5,10,12H,6-9H2,(H2,16,19)(H,17,18). The number of hydrogen-bond donors (Lipinski definition) is 2. The van der Waals surface area contributed by atoms with Gasteiger partial charge in [0.2, 0.25) is 5.91 Å². The average Bonchev–Trinajstić information content (AvgIpc) is 3.29. The van der Waals surface area contributed by atoms with Crippen LogP contribution in [0.2, 0.25) is 0 Å². The predicted octanol–water partition coefficient (Wildman–Crippen LogP) is 1.90. The molecule has 0 radical (unpaired) electrons. The monoisotopic (exact) mass is 274 g/mol. The number of hydrogen-bond acceptors (Lipinski definition) is 2. The summed E-state index contributed by atoms with van der Waals surface area (Å²) in [6.45, 7) is 0. The van der Waals surface area contributed by atoms with E-state index in [1.54, 1.807) is 0 Å². The summed E-state index contributed by atoms with van der Waals surface area (Å²) in [5.41, 5.74) is 6.51. The molecule has 2 saturated carbocycles. The maximum absolute atomic E-state index is 12.5. The van der Waals surface area contributed by atoms with E-state index in [0.29, 0.717) is 10.9 Å². The van der Waals surface area contributed by atoms with Gasteiger partial charge in [-0.3, -0.25) is 4.79 Å². The van der Waals surface area contributed by atoms with Crippen LogP contribution in [0.25, 0.3) is 0 Å². The molecule has 0 saturated heterocycles. The van der Waals surface area contributed by atoms with E-state index in [1.165, 1.54) is 0 Å². The van der Waals surface area contributed by atoms with Crippen molar-refractivity contribution in [2.24, 2.45) is 11.7 Å². The molecule has 2 aliphatic carbocycles. The second kappa shape index (κ2) is 4.60. The van der Waals surface area contributed by atoms with E-state index in [-0.39, 0.29) is 17.4 Å². The van der Waals surface area contributed by atoms with E-state index in [2.05, 4.69) is 5.32 Å². The lowest BCUT2D eigenvalue weighted by molar-refractivity contribution is -0.124. The first-order valence-electron chi connectivity index (χ1n) is 6.79. The van der Waals surface area contributed by atoms with Crippen LogP contribution in [0.1, 0.15) is 31.2 Å². The van der Waals surface area contributed by atoms with Crippen molar-refractivity contribution in [3.8, 4) is 0 Å². The summed E-state index contributed by atoms with van der Waals surface area (Å²) in [5.74, 6) is 0.538. The lowest BCUT2D eigenvalue weighted by Crippen LogP contribution is -2.48. The molecule has 0 bridgehead atoms. The Kier molecular flexibility index (Phi) is 3.05. The van der Waals surface area contributed by atoms with Crippen molar-refractivity contribution in [2.75, 3.05) is 0 Å². The Balaban J connectivity index is 1.75. The van der Waals surface area contributed by atoms with Gasteiger partial charge in [0.05, 0.1) is 16.4 Å². The third kappa shape index (κ3) is 2.37. The first kappa shape index (κ1) is 12.6. The van der Waals surface area contributed by atoms with Crippen LogP contribution in [0, 0.1) is 5.92 Å². The number of amides is 1. The number of nitrogens with two attached hydrogens (primary N) is 1. The van der Waals surface area contributed by atoms with Crippen LogP contribution in [-0.2, 0) is 10.2 Å².